The van der Waals surface area contributed by atoms with Crippen LogP contribution < -0.4 is 4.74 Å². The van der Waals surface area contributed by atoms with Crippen LogP contribution in [-0.2, 0) is 4.79 Å². The van der Waals surface area contributed by atoms with Crippen molar-refractivity contribution in [2.45, 2.75) is 25.4 Å². The van der Waals surface area contributed by atoms with Gasteiger partial charge in [0.2, 0.25) is 0 Å². The Hall–Kier alpha value is -0.440. The van der Waals surface area contributed by atoms with Crippen molar-refractivity contribution in [3.8, 4) is 5.75 Å². The van der Waals surface area contributed by atoms with Crippen LogP contribution in [0.3, 0.4) is 0 Å². The summed E-state index contributed by atoms with van der Waals surface area (Å²) in [6.07, 6.45) is 1.65. The first kappa shape index (κ1) is 12.0. The Balaban J connectivity index is 2.15. The highest BCUT2D eigenvalue weighted by molar-refractivity contribution is 6.43. The number of carbonyl (C=O) groups is 1. The van der Waals surface area contributed by atoms with E-state index in [9.17, 15) is 4.79 Å². The van der Waals surface area contributed by atoms with E-state index in [4.69, 9.17) is 39.5 Å². The largest absolute Gasteiger partial charge is 0.488 e. The normalized spacial score (nSPS) is 20.2. The Bertz CT molecular complexity index is 431. The first-order valence-electron chi connectivity index (χ1n) is 4.89. The molecule has 0 saturated heterocycles. The van der Waals surface area contributed by atoms with Gasteiger partial charge < -0.3 is 4.74 Å². The summed E-state index contributed by atoms with van der Waals surface area (Å²) in [4.78, 5) is 11.1. The molecule has 1 unspecified atom stereocenters. The molecule has 16 heavy (non-hydrogen) atoms. The number of hydrogen-bond donors (Lipinski definition) is 0. The van der Waals surface area contributed by atoms with Crippen LogP contribution in [0.2, 0.25) is 15.1 Å². The van der Waals surface area contributed by atoms with Crippen LogP contribution in [0.5, 0.6) is 5.75 Å². The number of benzene rings is 1. The Morgan fingerprint density at radius 3 is 2.44 bits per heavy atom. The maximum absolute atomic E-state index is 11.1. The summed E-state index contributed by atoms with van der Waals surface area (Å²) >= 11 is 17.6. The standard InChI is InChI=1S/C11H9Cl3O2/c12-8-4-10(14)11(5-9(8)13)16-7-2-1-6(15)3-7/h4-5,7H,1-3H2. The fraction of sp³-hybridized carbons (Fsp3) is 0.364. The lowest BCUT2D eigenvalue weighted by atomic mass is 10.3. The van der Waals surface area contributed by atoms with E-state index in [-0.39, 0.29) is 11.9 Å². The van der Waals surface area contributed by atoms with E-state index in [0.29, 0.717) is 33.7 Å². The minimum atomic E-state index is -0.0951. The number of Topliss-reactive ketones (excluding diaryl/α,β-unsaturated/α-hetero) is 1. The molecule has 1 saturated carbocycles. The molecular weight excluding hydrogens is 270 g/mol. The van der Waals surface area contributed by atoms with E-state index < -0.39 is 0 Å². The molecule has 1 aliphatic rings. The molecule has 0 aliphatic heterocycles. The number of ketones is 1. The van der Waals surface area contributed by atoms with Gasteiger partial charge in [0, 0.05) is 18.9 Å². The Morgan fingerprint density at radius 1 is 1.12 bits per heavy atom. The lowest BCUT2D eigenvalue weighted by Gasteiger charge is -2.14. The van der Waals surface area contributed by atoms with Crippen molar-refractivity contribution in [2.24, 2.45) is 0 Å². The minimum absolute atomic E-state index is 0.0951. The molecule has 0 N–H and O–H groups in total. The van der Waals surface area contributed by atoms with E-state index in [2.05, 4.69) is 0 Å². The second-order valence-electron chi connectivity index (χ2n) is 3.72. The van der Waals surface area contributed by atoms with Crippen LogP contribution >= 0.6 is 34.8 Å². The van der Waals surface area contributed by atoms with Crippen LogP contribution in [0.1, 0.15) is 19.3 Å². The van der Waals surface area contributed by atoms with Crippen molar-refractivity contribution in [2.75, 3.05) is 0 Å². The first-order chi connectivity index (χ1) is 7.56. The third kappa shape index (κ3) is 2.62. The molecule has 2 nitrogen and oxygen atoms in total. The molecule has 1 fully saturated rings. The molecule has 2 rings (SSSR count). The number of ether oxygens (including phenoxy) is 1. The fourth-order valence-corrected chi connectivity index (χ4v) is 2.24. The quantitative estimate of drug-likeness (QED) is 0.760. The molecular formula is C11H9Cl3O2. The van der Waals surface area contributed by atoms with Crippen molar-refractivity contribution >= 4 is 40.6 Å². The van der Waals surface area contributed by atoms with Gasteiger partial charge >= 0.3 is 0 Å². The van der Waals surface area contributed by atoms with Crippen molar-refractivity contribution in [3.63, 3.8) is 0 Å². The van der Waals surface area contributed by atoms with Gasteiger partial charge in [-0.1, -0.05) is 34.8 Å². The highest BCUT2D eigenvalue weighted by atomic mass is 35.5. The van der Waals surface area contributed by atoms with Gasteiger partial charge in [0.15, 0.2) is 0 Å². The number of hydrogen-bond acceptors (Lipinski definition) is 2. The molecule has 0 amide bonds. The van der Waals surface area contributed by atoms with Gasteiger partial charge in [-0.25, -0.2) is 0 Å². The van der Waals surface area contributed by atoms with E-state index >= 15 is 0 Å². The summed E-state index contributed by atoms with van der Waals surface area (Å²) in [7, 11) is 0. The van der Waals surface area contributed by atoms with Crippen molar-refractivity contribution < 1.29 is 9.53 Å². The molecule has 0 spiro atoms. The lowest BCUT2D eigenvalue weighted by Crippen LogP contribution is -2.12. The minimum Gasteiger partial charge on any atom is -0.488 e. The second kappa shape index (κ2) is 4.82. The smallest absolute Gasteiger partial charge is 0.139 e. The van der Waals surface area contributed by atoms with E-state index in [1.165, 1.54) is 6.07 Å². The summed E-state index contributed by atoms with van der Waals surface area (Å²) in [5.41, 5.74) is 0. The number of rotatable bonds is 2. The molecule has 0 aromatic heterocycles. The molecule has 0 bridgehead atoms. The van der Waals surface area contributed by atoms with Gasteiger partial charge in [0.25, 0.3) is 0 Å². The highest BCUT2D eigenvalue weighted by Crippen LogP contribution is 2.35. The van der Waals surface area contributed by atoms with Gasteiger partial charge in [-0.2, -0.15) is 0 Å². The lowest BCUT2D eigenvalue weighted by molar-refractivity contribution is -0.117. The van der Waals surface area contributed by atoms with E-state index in [1.54, 1.807) is 6.07 Å². The van der Waals surface area contributed by atoms with Gasteiger partial charge in [0.05, 0.1) is 15.1 Å². The van der Waals surface area contributed by atoms with Gasteiger partial charge in [0.1, 0.15) is 17.6 Å². The summed E-state index contributed by atoms with van der Waals surface area (Å²) in [5, 5.41) is 1.20. The molecule has 1 aromatic rings. The van der Waals surface area contributed by atoms with Gasteiger partial charge in [-0.15, -0.1) is 0 Å². The van der Waals surface area contributed by atoms with Gasteiger partial charge in [-0.3, -0.25) is 4.79 Å². The topological polar surface area (TPSA) is 26.3 Å². The maximum atomic E-state index is 11.1. The molecule has 86 valence electrons. The second-order valence-corrected chi connectivity index (χ2v) is 4.94. The summed E-state index contributed by atoms with van der Waals surface area (Å²) < 4.78 is 5.62. The zero-order valence-electron chi connectivity index (χ0n) is 8.30. The predicted molar refractivity (Wildman–Crippen MR) is 64.7 cm³/mol. The summed E-state index contributed by atoms with van der Waals surface area (Å²) in [6, 6.07) is 3.12. The zero-order chi connectivity index (χ0) is 11.7. The zero-order valence-corrected chi connectivity index (χ0v) is 10.6. The predicted octanol–water partition coefficient (Wildman–Crippen LogP) is 4.15. The molecule has 1 aromatic carbocycles. The Kier molecular flexibility index (Phi) is 3.63. The average molecular weight is 280 g/mol. The van der Waals surface area contributed by atoms with Crippen LogP contribution in [0, 0.1) is 0 Å². The first-order valence-corrected chi connectivity index (χ1v) is 6.02. The summed E-state index contributed by atoms with van der Waals surface area (Å²) in [6.45, 7) is 0. The van der Waals surface area contributed by atoms with Gasteiger partial charge in [-0.05, 0) is 12.5 Å². The molecule has 0 radical (unpaired) electrons. The SMILES string of the molecule is O=C1CCC(Oc2cc(Cl)c(Cl)cc2Cl)C1. The van der Waals surface area contributed by atoms with Crippen LogP contribution in [0.15, 0.2) is 12.1 Å². The maximum Gasteiger partial charge on any atom is 0.139 e. The molecule has 0 heterocycles. The van der Waals surface area contributed by atoms with Crippen LogP contribution in [0.4, 0.5) is 0 Å². The number of carbonyl (C=O) groups excluding carboxylic acids is 1. The Labute approximate surface area is 108 Å². The van der Waals surface area contributed by atoms with Crippen molar-refractivity contribution in [3.05, 3.63) is 27.2 Å². The highest BCUT2D eigenvalue weighted by Gasteiger charge is 2.24. The Morgan fingerprint density at radius 2 is 1.81 bits per heavy atom. The van der Waals surface area contributed by atoms with E-state index in [0.717, 1.165) is 6.42 Å². The van der Waals surface area contributed by atoms with Crippen LogP contribution in [-0.4, -0.2) is 11.9 Å². The summed E-state index contributed by atoms with van der Waals surface area (Å²) in [5.74, 6) is 0.706. The number of halogens is 3. The molecule has 1 aliphatic carbocycles. The molecule has 1 atom stereocenters. The van der Waals surface area contributed by atoms with Crippen molar-refractivity contribution in [1.29, 1.82) is 0 Å². The van der Waals surface area contributed by atoms with Crippen molar-refractivity contribution in [1.82, 2.24) is 0 Å². The fourth-order valence-electron chi connectivity index (χ4n) is 1.65. The molecule has 5 heteroatoms. The monoisotopic (exact) mass is 278 g/mol. The third-order valence-electron chi connectivity index (χ3n) is 2.47. The average Bonchev–Trinajstić information content (AvgIpc) is 2.60. The third-order valence-corrected chi connectivity index (χ3v) is 3.49. The van der Waals surface area contributed by atoms with Crippen LogP contribution in [0.25, 0.3) is 0 Å². The van der Waals surface area contributed by atoms with E-state index in [1.807, 2.05) is 0 Å².